The van der Waals surface area contributed by atoms with Crippen LogP contribution >= 0.6 is 11.6 Å². The van der Waals surface area contributed by atoms with Crippen LogP contribution in [0.3, 0.4) is 0 Å². The van der Waals surface area contributed by atoms with E-state index >= 15 is 0 Å². The second kappa shape index (κ2) is 6.69. The van der Waals surface area contributed by atoms with Gasteiger partial charge >= 0.3 is 0 Å². The zero-order chi connectivity index (χ0) is 18.3. The predicted molar refractivity (Wildman–Crippen MR) is 98.6 cm³/mol. The number of ketones is 1. The van der Waals surface area contributed by atoms with Crippen LogP contribution in [0.15, 0.2) is 59.8 Å². The Kier molecular flexibility index (Phi) is 4.37. The van der Waals surface area contributed by atoms with Gasteiger partial charge in [0.15, 0.2) is 5.78 Å². The van der Waals surface area contributed by atoms with E-state index in [2.05, 4.69) is 0 Å². The summed E-state index contributed by atoms with van der Waals surface area (Å²) in [5.74, 6) is -0.816. The van der Waals surface area contributed by atoms with Gasteiger partial charge in [-0.15, -0.1) is 0 Å². The lowest BCUT2D eigenvalue weighted by Gasteiger charge is -2.38. The molecule has 0 saturated carbocycles. The standard InChI is InChI=1S/C21H17ClFNO2/c22-14-5-2-7-16(11-14)24-18-8-3-9-19(25)21(18)17(12-20(24)26)13-4-1-6-15(23)10-13/h1-2,4-7,10-11,17H,3,8-9,12H2. The van der Waals surface area contributed by atoms with Gasteiger partial charge in [-0.25, -0.2) is 4.39 Å². The topological polar surface area (TPSA) is 37.4 Å². The number of hydrogen-bond acceptors (Lipinski definition) is 2. The minimum Gasteiger partial charge on any atom is -0.294 e. The number of anilines is 1. The number of halogens is 2. The van der Waals surface area contributed by atoms with Crippen molar-refractivity contribution in [2.24, 2.45) is 0 Å². The molecule has 1 unspecified atom stereocenters. The lowest BCUT2D eigenvalue weighted by atomic mass is 9.77. The first kappa shape index (κ1) is 17.0. The molecule has 3 nitrogen and oxygen atoms in total. The normalized spacial score (nSPS) is 20.4. The third-order valence-electron chi connectivity index (χ3n) is 4.99. The summed E-state index contributed by atoms with van der Waals surface area (Å²) in [6.07, 6.45) is 1.95. The smallest absolute Gasteiger partial charge is 0.232 e. The van der Waals surface area contributed by atoms with Gasteiger partial charge in [-0.1, -0.05) is 29.8 Å². The van der Waals surface area contributed by atoms with E-state index in [0.29, 0.717) is 41.1 Å². The number of benzene rings is 2. The highest BCUT2D eigenvalue weighted by atomic mass is 35.5. The van der Waals surface area contributed by atoms with Gasteiger partial charge in [-0.2, -0.15) is 0 Å². The van der Waals surface area contributed by atoms with Crippen molar-refractivity contribution < 1.29 is 14.0 Å². The van der Waals surface area contributed by atoms with E-state index in [4.69, 9.17) is 11.6 Å². The molecule has 0 radical (unpaired) electrons. The number of rotatable bonds is 2. The first-order chi connectivity index (χ1) is 12.5. The van der Waals surface area contributed by atoms with E-state index < -0.39 is 5.92 Å². The molecule has 0 spiro atoms. The van der Waals surface area contributed by atoms with Crippen LogP contribution in [0.25, 0.3) is 0 Å². The molecule has 1 amide bonds. The summed E-state index contributed by atoms with van der Waals surface area (Å²) in [6.45, 7) is 0. The van der Waals surface area contributed by atoms with Crippen molar-refractivity contribution in [2.75, 3.05) is 4.90 Å². The minimum atomic E-state index is -0.392. The van der Waals surface area contributed by atoms with Crippen molar-refractivity contribution in [1.82, 2.24) is 0 Å². The van der Waals surface area contributed by atoms with E-state index in [-0.39, 0.29) is 23.9 Å². The second-order valence-electron chi connectivity index (χ2n) is 6.66. The molecule has 2 aliphatic rings. The highest BCUT2D eigenvalue weighted by Crippen LogP contribution is 2.43. The van der Waals surface area contributed by atoms with Gasteiger partial charge in [0.05, 0.1) is 5.69 Å². The molecule has 4 rings (SSSR count). The number of Topliss-reactive ketones (excluding diaryl/α,β-unsaturated/α-hetero) is 1. The van der Waals surface area contributed by atoms with Crippen molar-refractivity contribution in [1.29, 1.82) is 0 Å². The van der Waals surface area contributed by atoms with Crippen molar-refractivity contribution in [3.05, 3.63) is 76.2 Å². The SMILES string of the molecule is O=C1CCCC2=C1C(c1cccc(F)c1)CC(=O)N2c1cccc(Cl)c1. The van der Waals surface area contributed by atoms with Gasteiger partial charge in [-0.3, -0.25) is 14.5 Å². The quantitative estimate of drug-likeness (QED) is 0.746. The maximum Gasteiger partial charge on any atom is 0.232 e. The Balaban J connectivity index is 1.87. The largest absolute Gasteiger partial charge is 0.294 e. The lowest BCUT2D eigenvalue weighted by molar-refractivity contribution is -0.119. The molecule has 0 saturated heterocycles. The highest BCUT2D eigenvalue weighted by molar-refractivity contribution is 6.31. The average Bonchev–Trinajstić information content (AvgIpc) is 2.61. The van der Waals surface area contributed by atoms with Crippen molar-refractivity contribution in [3.8, 4) is 0 Å². The molecule has 2 aromatic carbocycles. The molecular formula is C21H17ClFNO2. The van der Waals surface area contributed by atoms with Gasteiger partial charge in [0.2, 0.25) is 5.91 Å². The second-order valence-corrected chi connectivity index (χ2v) is 7.09. The molecule has 1 heterocycles. The van der Waals surface area contributed by atoms with Gasteiger partial charge in [-0.05, 0) is 48.7 Å². The summed E-state index contributed by atoms with van der Waals surface area (Å²) >= 11 is 6.09. The summed E-state index contributed by atoms with van der Waals surface area (Å²) in [7, 11) is 0. The fourth-order valence-electron chi connectivity index (χ4n) is 3.92. The average molecular weight is 370 g/mol. The molecule has 26 heavy (non-hydrogen) atoms. The van der Waals surface area contributed by atoms with Crippen LogP contribution in [-0.4, -0.2) is 11.7 Å². The number of allylic oxidation sites excluding steroid dienone is 2. The van der Waals surface area contributed by atoms with Crippen molar-refractivity contribution in [3.63, 3.8) is 0 Å². The maximum absolute atomic E-state index is 13.7. The number of nitrogens with zero attached hydrogens (tertiary/aromatic N) is 1. The molecule has 0 aromatic heterocycles. The zero-order valence-electron chi connectivity index (χ0n) is 14.0. The molecule has 132 valence electrons. The van der Waals surface area contributed by atoms with E-state index in [1.54, 1.807) is 35.2 Å². The first-order valence-electron chi connectivity index (χ1n) is 8.65. The number of carbonyl (C=O) groups is 2. The Labute approximate surface area is 156 Å². The Morgan fingerprint density at radius 3 is 2.62 bits per heavy atom. The van der Waals surface area contributed by atoms with Crippen LogP contribution in [0.1, 0.15) is 37.2 Å². The molecule has 0 N–H and O–H groups in total. The summed E-state index contributed by atoms with van der Waals surface area (Å²) in [6, 6.07) is 13.3. The lowest BCUT2D eigenvalue weighted by Crippen LogP contribution is -2.40. The zero-order valence-corrected chi connectivity index (χ0v) is 14.8. The molecule has 5 heteroatoms. The van der Waals surface area contributed by atoms with Crippen LogP contribution in [0, 0.1) is 5.82 Å². The minimum absolute atomic E-state index is 0.0417. The van der Waals surface area contributed by atoms with Gasteiger partial charge in [0.25, 0.3) is 0 Å². The van der Waals surface area contributed by atoms with E-state index in [0.717, 1.165) is 5.70 Å². The number of carbonyl (C=O) groups excluding carboxylic acids is 2. The van der Waals surface area contributed by atoms with Crippen LogP contribution in [0.2, 0.25) is 5.02 Å². The third kappa shape index (κ3) is 2.95. The van der Waals surface area contributed by atoms with Gasteiger partial charge in [0, 0.05) is 35.1 Å². The highest BCUT2D eigenvalue weighted by Gasteiger charge is 2.39. The van der Waals surface area contributed by atoms with E-state index in [1.165, 1.54) is 12.1 Å². The van der Waals surface area contributed by atoms with Crippen molar-refractivity contribution in [2.45, 2.75) is 31.6 Å². The van der Waals surface area contributed by atoms with Crippen LogP contribution in [0.4, 0.5) is 10.1 Å². The summed E-state index contributed by atoms with van der Waals surface area (Å²) < 4.78 is 13.7. The summed E-state index contributed by atoms with van der Waals surface area (Å²) in [5.41, 5.74) is 2.71. The fraction of sp³-hybridized carbons (Fsp3) is 0.238. The molecule has 1 atom stereocenters. The van der Waals surface area contributed by atoms with Crippen LogP contribution < -0.4 is 4.90 Å². The number of amides is 1. The van der Waals surface area contributed by atoms with Crippen LogP contribution in [-0.2, 0) is 9.59 Å². The molecule has 0 bridgehead atoms. The summed E-state index contributed by atoms with van der Waals surface area (Å²) in [4.78, 5) is 27.3. The van der Waals surface area contributed by atoms with E-state index in [1.807, 2.05) is 6.07 Å². The molecule has 0 fully saturated rings. The van der Waals surface area contributed by atoms with Crippen LogP contribution in [0.5, 0.6) is 0 Å². The molecule has 1 aliphatic carbocycles. The van der Waals surface area contributed by atoms with Gasteiger partial charge in [0.1, 0.15) is 5.82 Å². The Morgan fingerprint density at radius 1 is 1.04 bits per heavy atom. The Hall–Kier alpha value is -2.46. The van der Waals surface area contributed by atoms with Crippen molar-refractivity contribution >= 4 is 29.0 Å². The maximum atomic E-state index is 13.7. The molecular weight excluding hydrogens is 353 g/mol. The van der Waals surface area contributed by atoms with Gasteiger partial charge < -0.3 is 0 Å². The number of hydrogen-bond donors (Lipinski definition) is 0. The monoisotopic (exact) mass is 369 g/mol. The molecule has 2 aromatic rings. The Morgan fingerprint density at radius 2 is 1.85 bits per heavy atom. The summed E-state index contributed by atoms with van der Waals surface area (Å²) in [5, 5.41) is 0.534. The molecule has 1 aliphatic heterocycles. The fourth-order valence-corrected chi connectivity index (χ4v) is 4.10. The predicted octanol–water partition coefficient (Wildman–Crippen LogP) is 5.01. The van der Waals surface area contributed by atoms with E-state index in [9.17, 15) is 14.0 Å². The third-order valence-corrected chi connectivity index (χ3v) is 5.23. The Bertz CT molecular complexity index is 937. The first-order valence-corrected chi connectivity index (χ1v) is 9.02.